The molecule has 1 N–H and O–H groups in total. The summed E-state index contributed by atoms with van der Waals surface area (Å²) >= 11 is 18.1. The average Bonchev–Trinajstić information content (AvgIpc) is 2.31. The Morgan fingerprint density at radius 1 is 1.24 bits per heavy atom. The molecule has 1 heterocycles. The molecule has 0 unspecified atom stereocenters. The van der Waals surface area contributed by atoms with Gasteiger partial charge in [0, 0.05) is 18.5 Å². The standard InChI is InChI=1S/C11H7Cl3N2O/c1-5(17)16-11-9(14)8(13)7(12)6-3-2-4-15-10(6)11/h2-4H,1H3,(H,16,17). The lowest BCUT2D eigenvalue weighted by Crippen LogP contribution is -2.07. The van der Waals surface area contributed by atoms with Crippen LogP contribution in [0.2, 0.25) is 15.1 Å². The molecule has 0 bridgehead atoms. The zero-order valence-electron chi connectivity index (χ0n) is 8.72. The van der Waals surface area contributed by atoms with Crippen molar-refractivity contribution in [1.82, 2.24) is 4.98 Å². The minimum Gasteiger partial charge on any atom is -0.323 e. The lowest BCUT2D eigenvalue weighted by Gasteiger charge is -2.11. The van der Waals surface area contributed by atoms with Crippen molar-refractivity contribution >= 4 is 57.3 Å². The molecule has 17 heavy (non-hydrogen) atoms. The van der Waals surface area contributed by atoms with Crippen molar-refractivity contribution in [1.29, 1.82) is 0 Å². The number of benzene rings is 1. The molecule has 0 atom stereocenters. The average molecular weight is 290 g/mol. The highest BCUT2D eigenvalue weighted by Crippen LogP contribution is 2.42. The molecule has 1 amide bonds. The van der Waals surface area contributed by atoms with Gasteiger partial charge >= 0.3 is 0 Å². The Kier molecular flexibility index (Phi) is 3.43. The maximum absolute atomic E-state index is 11.1. The Balaban J connectivity index is 2.85. The van der Waals surface area contributed by atoms with E-state index in [0.29, 0.717) is 21.6 Å². The minimum atomic E-state index is -0.253. The third kappa shape index (κ3) is 2.18. The summed E-state index contributed by atoms with van der Waals surface area (Å²) in [7, 11) is 0. The first-order chi connectivity index (χ1) is 8.02. The summed E-state index contributed by atoms with van der Waals surface area (Å²) in [5.74, 6) is -0.253. The van der Waals surface area contributed by atoms with Crippen molar-refractivity contribution < 1.29 is 4.79 Å². The van der Waals surface area contributed by atoms with E-state index in [1.54, 1.807) is 18.3 Å². The van der Waals surface area contributed by atoms with Crippen LogP contribution in [-0.4, -0.2) is 10.9 Å². The first kappa shape index (κ1) is 12.4. The number of rotatable bonds is 1. The summed E-state index contributed by atoms with van der Waals surface area (Å²) < 4.78 is 0. The van der Waals surface area contributed by atoms with Gasteiger partial charge in [-0.25, -0.2) is 0 Å². The Morgan fingerprint density at radius 2 is 1.94 bits per heavy atom. The number of fused-ring (bicyclic) bond motifs is 1. The van der Waals surface area contributed by atoms with E-state index in [-0.39, 0.29) is 16.0 Å². The number of hydrogen-bond donors (Lipinski definition) is 1. The molecule has 2 rings (SSSR count). The van der Waals surface area contributed by atoms with Crippen LogP contribution < -0.4 is 5.32 Å². The number of nitrogens with zero attached hydrogens (tertiary/aromatic N) is 1. The Morgan fingerprint density at radius 3 is 2.59 bits per heavy atom. The van der Waals surface area contributed by atoms with E-state index in [1.807, 2.05) is 0 Å². The van der Waals surface area contributed by atoms with Gasteiger partial charge in [-0.15, -0.1) is 0 Å². The van der Waals surface area contributed by atoms with Crippen LogP contribution in [0.15, 0.2) is 18.3 Å². The molecule has 1 aromatic heterocycles. The van der Waals surface area contributed by atoms with Gasteiger partial charge in [0.1, 0.15) is 0 Å². The second kappa shape index (κ2) is 4.69. The fourth-order valence-electron chi connectivity index (χ4n) is 1.50. The third-order valence-electron chi connectivity index (χ3n) is 2.19. The van der Waals surface area contributed by atoms with Gasteiger partial charge in [0.2, 0.25) is 5.91 Å². The lowest BCUT2D eigenvalue weighted by molar-refractivity contribution is -0.114. The Bertz CT molecular complexity index is 613. The number of nitrogens with one attached hydrogen (secondary N) is 1. The molecule has 1 aromatic carbocycles. The van der Waals surface area contributed by atoms with E-state index < -0.39 is 0 Å². The zero-order valence-corrected chi connectivity index (χ0v) is 11.0. The van der Waals surface area contributed by atoms with Crippen molar-refractivity contribution in [3.63, 3.8) is 0 Å². The molecule has 0 aliphatic heterocycles. The second-order valence-electron chi connectivity index (χ2n) is 3.40. The van der Waals surface area contributed by atoms with Gasteiger partial charge in [0.15, 0.2) is 0 Å². The monoisotopic (exact) mass is 288 g/mol. The molecule has 0 aliphatic rings. The van der Waals surface area contributed by atoms with Crippen molar-refractivity contribution in [3.05, 3.63) is 33.4 Å². The number of halogens is 3. The molecule has 0 fully saturated rings. The van der Waals surface area contributed by atoms with Crippen LogP contribution in [0.3, 0.4) is 0 Å². The van der Waals surface area contributed by atoms with E-state index in [4.69, 9.17) is 34.8 Å². The molecule has 0 saturated carbocycles. The quantitative estimate of drug-likeness (QED) is 0.801. The zero-order chi connectivity index (χ0) is 12.6. The summed E-state index contributed by atoms with van der Waals surface area (Å²) in [6.45, 7) is 1.38. The van der Waals surface area contributed by atoms with E-state index >= 15 is 0 Å². The summed E-state index contributed by atoms with van der Waals surface area (Å²) in [6, 6.07) is 3.49. The predicted octanol–water partition coefficient (Wildman–Crippen LogP) is 4.15. The summed E-state index contributed by atoms with van der Waals surface area (Å²) in [5, 5.41) is 3.98. The fourth-order valence-corrected chi connectivity index (χ4v) is 2.22. The second-order valence-corrected chi connectivity index (χ2v) is 4.53. The fraction of sp³-hybridized carbons (Fsp3) is 0.0909. The molecule has 6 heteroatoms. The largest absolute Gasteiger partial charge is 0.323 e. The first-order valence-corrected chi connectivity index (χ1v) is 5.84. The van der Waals surface area contributed by atoms with E-state index in [2.05, 4.69) is 10.3 Å². The Labute approximate surface area is 113 Å². The number of carbonyl (C=O) groups is 1. The number of amides is 1. The highest BCUT2D eigenvalue weighted by atomic mass is 35.5. The minimum absolute atomic E-state index is 0.193. The molecule has 2 aromatic rings. The third-order valence-corrected chi connectivity index (χ3v) is 3.53. The normalized spacial score (nSPS) is 10.6. The van der Waals surface area contributed by atoms with Crippen molar-refractivity contribution in [2.45, 2.75) is 6.92 Å². The number of anilines is 1. The summed E-state index contributed by atoms with van der Waals surface area (Å²) in [6.07, 6.45) is 1.59. The van der Waals surface area contributed by atoms with Gasteiger partial charge in [-0.1, -0.05) is 34.8 Å². The van der Waals surface area contributed by atoms with Gasteiger partial charge in [0.05, 0.1) is 26.3 Å². The summed E-state index contributed by atoms with van der Waals surface area (Å²) in [5.41, 5.74) is 0.895. The number of aromatic nitrogens is 1. The van der Waals surface area contributed by atoms with E-state index in [0.717, 1.165) is 0 Å². The molecule has 0 aliphatic carbocycles. The van der Waals surface area contributed by atoms with Crippen molar-refractivity contribution in [2.24, 2.45) is 0 Å². The predicted molar refractivity (Wildman–Crippen MR) is 71.1 cm³/mol. The first-order valence-electron chi connectivity index (χ1n) is 4.71. The Hall–Kier alpha value is -1.03. The molecular weight excluding hydrogens is 282 g/mol. The molecule has 3 nitrogen and oxygen atoms in total. The van der Waals surface area contributed by atoms with Crippen LogP contribution in [0.25, 0.3) is 10.9 Å². The number of pyridine rings is 1. The van der Waals surface area contributed by atoms with Crippen molar-refractivity contribution in [3.8, 4) is 0 Å². The molecule has 0 saturated heterocycles. The van der Waals surface area contributed by atoms with Gasteiger partial charge in [-0.2, -0.15) is 0 Å². The van der Waals surface area contributed by atoms with E-state index in [1.165, 1.54) is 6.92 Å². The summed E-state index contributed by atoms with van der Waals surface area (Å²) in [4.78, 5) is 15.3. The maximum Gasteiger partial charge on any atom is 0.221 e. The van der Waals surface area contributed by atoms with Crippen LogP contribution in [0.5, 0.6) is 0 Å². The highest BCUT2D eigenvalue weighted by Gasteiger charge is 2.17. The van der Waals surface area contributed by atoms with Gasteiger partial charge in [-0.05, 0) is 12.1 Å². The van der Waals surface area contributed by atoms with Crippen LogP contribution >= 0.6 is 34.8 Å². The number of hydrogen-bond acceptors (Lipinski definition) is 2. The molecule has 0 radical (unpaired) electrons. The SMILES string of the molecule is CC(=O)Nc1c(Cl)c(Cl)c(Cl)c2cccnc12. The molecule has 0 spiro atoms. The number of carbonyl (C=O) groups excluding carboxylic acids is 1. The van der Waals surface area contributed by atoms with Crippen LogP contribution in [0.1, 0.15) is 6.92 Å². The molecular formula is C11H7Cl3N2O. The van der Waals surface area contributed by atoms with Gasteiger partial charge < -0.3 is 5.32 Å². The van der Waals surface area contributed by atoms with Crippen LogP contribution in [0.4, 0.5) is 5.69 Å². The topological polar surface area (TPSA) is 42.0 Å². The van der Waals surface area contributed by atoms with Crippen LogP contribution in [0, 0.1) is 0 Å². The lowest BCUT2D eigenvalue weighted by atomic mass is 10.2. The smallest absolute Gasteiger partial charge is 0.221 e. The van der Waals surface area contributed by atoms with Gasteiger partial charge in [-0.3, -0.25) is 9.78 Å². The van der Waals surface area contributed by atoms with E-state index in [9.17, 15) is 4.79 Å². The highest BCUT2D eigenvalue weighted by molar-refractivity contribution is 6.52. The van der Waals surface area contributed by atoms with Crippen LogP contribution in [-0.2, 0) is 4.79 Å². The maximum atomic E-state index is 11.1. The molecule has 88 valence electrons. The van der Waals surface area contributed by atoms with Gasteiger partial charge in [0.25, 0.3) is 0 Å². The van der Waals surface area contributed by atoms with Crippen molar-refractivity contribution in [2.75, 3.05) is 5.32 Å².